The second-order valence-electron chi connectivity index (χ2n) is 3.66. The number of hydrogen-bond acceptors (Lipinski definition) is 5. The molecular weight excluding hydrogens is 206 g/mol. The zero-order chi connectivity index (χ0) is 11.7. The smallest absolute Gasteiger partial charge is 0.169 e. The van der Waals surface area contributed by atoms with E-state index in [0.29, 0.717) is 12.4 Å². The zero-order valence-corrected chi connectivity index (χ0v) is 9.64. The number of nitrogens with two attached hydrogens (primary N) is 1. The Balaban J connectivity index is 2.64. The highest BCUT2D eigenvalue weighted by atomic mass is 16.5. The lowest BCUT2D eigenvalue weighted by Gasteiger charge is -2.11. The molecule has 0 radical (unpaired) electrons. The van der Waals surface area contributed by atoms with E-state index in [9.17, 15) is 0 Å². The predicted octanol–water partition coefficient (Wildman–Crippen LogP) is 0.387. The van der Waals surface area contributed by atoms with E-state index in [2.05, 4.69) is 15.2 Å². The molecule has 0 bridgehead atoms. The molecule has 0 aliphatic carbocycles. The molecule has 1 unspecified atom stereocenters. The van der Waals surface area contributed by atoms with Crippen molar-refractivity contribution in [3.05, 3.63) is 23.4 Å². The van der Waals surface area contributed by atoms with Crippen molar-refractivity contribution in [2.75, 3.05) is 13.7 Å². The van der Waals surface area contributed by atoms with Crippen LogP contribution in [0.3, 0.4) is 0 Å². The quantitative estimate of drug-likeness (QED) is 0.811. The molecule has 6 nitrogen and oxygen atoms in total. The van der Waals surface area contributed by atoms with Gasteiger partial charge in [0.05, 0.1) is 0 Å². The summed E-state index contributed by atoms with van der Waals surface area (Å²) in [5.74, 6) is 1.54. The maximum Gasteiger partial charge on any atom is 0.169 e. The molecule has 16 heavy (non-hydrogen) atoms. The van der Waals surface area contributed by atoms with Crippen molar-refractivity contribution >= 4 is 5.65 Å². The largest absolute Gasteiger partial charge is 0.372 e. The standard InChI is InChI=1S/C10H15N5O/c1-6-4-9-13-14-10(8(5-11)16-3)15(9)7(2)12-6/h4,8H,5,11H2,1-3H3. The van der Waals surface area contributed by atoms with Crippen LogP contribution in [0.25, 0.3) is 5.65 Å². The summed E-state index contributed by atoms with van der Waals surface area (Å²) < 4.78 is 7.13. The molecule has 1 atom stereocenters. The molecule has 0 aliphatic heterocycles. The third-order valence-electron chi connectivity index (χ3n) is 2.50. The Morgan fingerprint density at radius 2 is 2.19 bits per heavy atom. The van der Waals surface area contributed by atoms with Gasteiger partial charge in [-0.1, -0.05) is 0 Å². The Hall–Kier alpha value is -1.53. The fourth-order valence-electron chi connectivity index (χ4n) is 1.77. The Kier molecular flexibility index (Phi) is 2.84. The van der Waals surface area contributed by atoms with Crippen molar-refractivity contribution in [2.24, 2.45) is 5.73 Å². The highest BCUT2D eigenvalue weighted by molar-refractivity contribution is 5.40. The third kappa shape index (κ3) is 1.66. The molecular formula is C10H15N5O. The number of methoxy groups -OCH3 is 1. The van der Waals surface area contributed by atoms with E-state index in [-0.39, 0.29) is 6.10 Å². The number of hydrogen-bond donors (Lipinski definition) is 1. The molecule has 0 amide bonds. The first-order valence-electron chi connectivity index (χ1n) is 5.09. The minimum Gasteiger partial charge on any atom is -0.372 e. The van der Waals surface area contributed by atoms with Gasteiger partial charge in [0, 0.05) is 25.4 Å². The van der Waals surface area contributed by atoms with Gasteiger partial charge >= 0.3 is 0 Å². The van der Waals surface area contributed by atoms with Crippen molar-refractivity contribution in [1.82, 2.24) is 19.6 Å². The lowest BCUT2D eigenvalue weighted by atomic mass is 10.3. The van der Waals surface area contributed by atoms with Crippen molar-refractivity contribution in [1.29, 1.82) is 0 Å². The first-order chi connectivity index (χ1) is 7.67. The second-order valence-corrected chi connectivity index (χ2v) is 3.66. The monoisotopic (exact) mass is 221 g/mol. The third-order valence-corrected chi connectivity index (χ3v) is 2.50. The number of nitrogens with zero attached hydrogens (tertiary/aromatic N) is 4. The summed E-state index contributed by atoms with van der Waals surface area (Å²) in [6, 6.07) is 1.88. The maximum atomic E-state index is 5.62. The number of rotatable bonds is 3. The topological polar surface area (TPSA) is 78.3 Å². The zero-order valence-electron chi connectivity index (χ0n) is 9.64. The highest BCUT2D eigenvalue weighted by Crippen LogP contribution is 2.16. The van der Waals surface area contributed by atoms with Crippen LogP contribution in [0, 0.1) is 13.8 Å². The van der Waals surface area contributed by atoms with Gasteiger partial charge in [0.1, 0.15) is 11.9 Å². The molecule has 2 aromatic heterocycles. The summed E-state index contributed by atoms with van der Waals surface area (Å²) in [6.45, 7) is 4.21. The van der Waals surface area contributed by atoms with Crippen molar-refractivity contribution in [2.45, 2.75) is 20.0 Å². The van der Waals surface area contributed by atoms with E-state index in [4.69, 9.17) is 10.5 Å². The first kappa shape index (κ1) is 11.0. The van der Waals surface area contributed by atoms with E-state index >= 15 is 0 Å². The molecule has 2 rings (SSSR count). The second kappa shape index (κ2) is 4.15. The lowest BCUT2D eigenvalue weighted by molar-refractivity contribution is 0.102. The van der Waals surface area contributed by atoms with Crippen molar-refractivity contribution in [3.8, 4) is 0 Å². The summed E-state index contributed by atoms with van der Waals surface area (Å²) in [5.41, 5.74) is 7.31. The van der Waals surface area contributed by atoms with Crippen LogP contribution in [0.15, 0.2) is 6.07 Å². The van der Waals surface area contributed by atoms with Crippen LogP contribution in [0.2, 0.25) is 0 Å². The van der Waals surface area contributed by atoms with Crippen LogP contribution in [0.1, 0.15) is 23.4 Å². The SMILES string of the molecule is COC(CN)c1nnc2cc(C)nc(C)n12. The molecule has 2 N–H and O–H groups in total. The van der Waals surface area contributed by atoms with E-state index in [1.165, 1.54) is 0 Å². The number of aryl methyl sites for hydroxylation is 2. The molecule has 0 fully saturated rings. The Labute approximate surface area is 93.5 Å². The van der Waals surface area contributed by atoms with E-state index in [0.717, 1.165) is 17.2 Å². The van der Waals surface area contributed by atoms with Gasteiger partial charge in [0.2, 0.25) is 0 Å². The minimum atomic E-state index is -0.252. The minimum absolute atomic E-state index is 0.252. The van der Waals surface area contributed by atoms with Crippen molar-refractivity contribution in [3.63, 3.8) is 0 Å². The fraction of sp³-hybridized carbons (Fsp3) is 0.500. The van der Waals surface area contributed by atoms with Gasteiger partial charge in [-0.15, -0.1) is 10.2 Å². The Morgan fingerprint density at radius 3 is 2.81 bits per heavy atom. The van der Waals surface area contributed by atoms with Crippen molar-refractivity contribution < 1.29 is 4.74 Å². The van der Waals surface area contributed by atoms with Gasteiger partial charge in [-0.25, -0.2) is 4.98 Å². The molecule has 0 aromatic carbocycles. The summed E-state index contributed by atoms with van der Waals surface area (Å²) in [6.07, 6.45) is -0.252. The van der Waals surface area contributed by atoms with Crippen LogP contribution in [-0.4, -0.2) is 33.2 Å². The predicted molar refractivity (Wildman–Crippen MR) is 59.1 cm³/mol. The summed E-state index contributed by atoms with van der Waals surface area (Å²) in [7, 11) is 1.61. The number of aromatic nitrogens is 4. The molecule has 0 saturated carbocycles. The van der Waals surface area contributed by atoms with E-state index < -0.39 is 0 Å². The molecule has 0 aliphatic rings. The molecule has 0 spiro atoms. The van der Waals surface area contributed by atoms with Gasteiger partial charge in [-0.05, 0) is 13.8 Å². The van der Waals surface area contributed by atoms with Crippen LogP contribution in [0.4, 0.5) is 0 Å². The van der Waals surface area contributed by atoms with Crippen LogP contribution in [-0.2, 0) is 4.74 Å². The van der Waals surface area contributed by atoms with Gasteiger partial charge in [-0.2, -0.15) is 0 Å². The van der Waals surface area contributed by atoms with E-state index in [1.54, 1.807) is 7.11 Å². The summed E-state index contributed by atoms with van der Waals surface area (Å²) >= 11 is 0. The van der Waals surface area contributed by atoms with Crippen LogP contribution < -0.4 is 5.73 Å². The molecule has 2 heterocycles. The summed E-state index contributed by atoms with van der Waals surface area (Å²) in [5, 5.41) is 8.20. The van der Waals surface area contributed by atoms with E-state index in [1.807, 2.05) is 24.3 Å². The normalized spacial score (nSPS) is 13.2. The van der Waals surface area contributed by atoms with Crippen LogP contribution >= 0.6 is 0 Å². The first-order valence-corrected chi connectivity index (χ1v) is 5.09. The summed E-state index contributed by atoms with van der Waals surface area (Å²) in [4.78, 5) is 4.37. The Bertz CT molecular complexity index is 503. The fourth-order valence-corrected chi connectivity index (χ4v) is 1.77. The molecule has 2 aromatic rings. The average molecular weight is 221 g/mol. The van der Waals surface area contributed by atoms with Gasteiger partial charge in [-0.3, -0.25) is 4.40 Å². The lowest BCUT2D eigenvalue weighted by Crippen LogP contribution is -2.18. The average Bonchev–Trinajstić information content (AvgIpc) is 2.64. The number of fused-ring (bicyclic) bond motifs is 1. The highest BCUT2D eigenvalue weighted by Gasteiger charge is 2.17. The van der Waals surface area contributed by atoms with Crippen LogP contribution in [0.5, 0.6) is 0 Å². The molecule has 0 saturated heterocycles. The molecule has 86 valence electrons. The maximum absolute atomic E-state index is 5.62. The van der Waals surface area contributed by atoms with Gasteiger partial charge in [0.25, 0.3) is 0 Å². The molecule has 6 heteroatoms. The van der Waals surface area contributed by atoms with Gasteiger partial charge in [0.15, 0.2) is 11.5 Å². The number of ether oxygens (including phenoxy) is 1. The Morgan fingerprint density at radius 1 is 1.44 bits per heavy atom. The van der Waals surface area contributed by atoms with Gasteiger partial charge < -0.3 is 10.5 Å².